The summed E-state index contributed by atoms with van der Waals surface area (Å²) in [4.78, 5) is 48.1. The molecule has 1 fully saturated rings. The third-order valence-corrected chi connectivity index (χ3v) is 6.93. The Morgan fingerprint density at radius 2 is 1.38 bits per heavy atom. The highest BCUT2D eigenvalue weighted by Crippen LogP contribution is 2.39. The Balaban J connectivity index is 1.75. The second-order valence-corrected chi connectivity index (χ2v) is 10.2. The van der Waals surface area contributed by atoms with Gasteiger partial charge in [0.2, 0.25) is 0 Å². The van der Waals surface area contributed by atoms with Crippen molar-refractivity contribution in [2.45, 2.75) is 78.0 Å². The van der Waals surface area contributed by atoms with E-state index in [1.165, 1.54) is 27.7 Å². The van der Waals surface area contributed by atoms with Crippen LogP contribution in [0.2, 0.25) is 0 Å². The van der Waals surface area contributed by atoms with Gasteiger partial charge in [0.15, 0.2) is 29.8 Å². The second-order valence-electron chi connectivity index (χ2n) is 10.2. The van der Waals surface area contributed by atoms with E-state index in [4.69, 9.17) is 33.2 Å². The fourth-order valence-electron chi connectivity index (χ4n) is 5.25. The predicted octanol–water partition coefficient (Wildman–Crippen LogP) is 3.41. The van der Waals surface area contributed by atoms with Crippen LogP contribution in [0.1, 0.15) is 63.0 Å². The van der Waals surface area contributed by atoms with Gasteiger partial charge >= 0.3 is 23.9 Å². The number of esters is 4. The number of hydrogen-bond acceptors (Lipinski definition) is 11. The first kappa shape index (κ1) is 30.8. The number of hydrogen-bond donors (Lipinski definition) is 0. The molecular formula is C31H36O11. The van der Waals surface area contributed by atoms with Crippen LogP contribution < -0.4 is 9.47 Å². The summed E-state index contributed by atoms with van der Waals surface area (Å²) in [7, 11) is 0. The van der Waals surface area contributed by atoms with Crippen molar-refractivity contribution in [2.24, 2.45) is 0 Å². The molecule has 0 aliphatic carbocycles. The summed E-state index contributed by atoms with van der Waals surface area (Å²) in [5, 5.41) is 0. The molecule has 1 saturated heterocycles. The largest absolute Gasteiger partial charge is 0.486 e. The van der Waals surface area contributed by atoms with Gasteiger partial charge in [0.25, 0.3) is 0 Å². The molecule has 2 unspecified atom stereocenters. The SMILES string of the molecule is CCc1ccc([C@@H]2O[C@H](COC(C)=O)C(OC(C)=O)[C@H](OC(C)=O)C2OC(C)=O)cc1Cc1ccc2c(c1)OCCO2. The van der Waals surface area contributed by atoms with Crippen LogP contribution in [0.15, 0.2) is 36.4 Å². The molecule has 2 heterocycles. The average Bonchev–Trinajstić information content (AvgIpc) is 2.93. The molecule has 0 saturated carbocycles. The van der Waals surface area contributed by atoms with Crippen molar-refractivity contribution in [2.75, 3.05) is 19.8 Å². The summed E-state index contributed by atoms with van der Waals surface area (Å²) in [5.74, 6) is -1.19. The second kappa shape index (κ2) is 13.7. The number of ether oxygens (including phenoxy) is 7. The fraction of sp³-hybridized carbons (Fsp3) is 0.484. The van der Waals surface area contributed by atoms with Crippen LogP contribution in [0.25, 0.3) is 0 Å². The Labute approximate surface area is 244 Å². The molecule has 226 valence electrons. The molecule has 11 nitrogen and oxygen atoms in total. The van der Waals surface area contributed by atoms with Gasteiger partial charge in [-0.25, -0.2) is 0 Å². The lowest BCUT2D eigenvalue weighted by Gasteiger charge is -2.44. The first-order valence-corrected chi connectivity index (χ1v) is 13.9. The summed E-state index contributed by atoms with van der Waals surface area (Å²) in [6.07, 6.45) is -4.25. The van der Waals surface area contributed by atoms with Gasteiger partial charge in [-0.3, -0.25) is 19.2 Å². The van der Waals surface area contributed by atoms with Gasteiger partial charge in [0.05, 0.1) is 0 Å². The molecule has 5 atom stereocenters. The van der Waals surface area contributed by atoms with Crippen molar-refractivity contribution < 1.29 is 52.3 Å². The summed E-state index contributed by atoms with van der Waals surface area (Å²) in [6.45, 7) is 7.60. The smallest absolute Gasteiger partial charge is 0.303 e. The molecular weight excluding hydrogens is 548 g/mol. The molecule has 0 amide bonds. The molecule has 2 aliphatic heterocycles. The zero-order chi connectivity index (χ0) is 30.4. The summed E-state index contributed by atoms with van der Waals surface area (Å²) in [6, 6.07) is 11.6. The Morgan fingerprint density at radius 1 is 0.738 bits per heavy atom. The van der Waals surface area contributed by atoms with Crippen LogP contribution in [0.3, 0.4) is 0 Å². The van der Waals surface area contributed by atoms with Crippen molar-refractivity contribution in [3.05, 3.63) is 58.7 Å². The summed E-state index contributed by atoms with van der Waals surface area (Å²) < 4.78 is 39.7. The van der Waals surface area contributed by atoms with E-state index in [0.717, 1.165) is 23.1 Å². The molecule has 2 aliphatic rings. The molecule has 42 heavy (non-hydrogen) atoms. The molecule has 0 radical (unpaired) electrons. The molecule has 11 heteroatoms. The number of rotatable bonds is 9. The zero-order valence-corrected chi connectivity index (χ0v) is 24.4. The Morgan fingerprint density at radius 3 is 2.02 bits per heavy atom. The number of carbonyl (C=O) groups is 4. The van der Waals surface area contributed by atoms with Crippen molar-refractivity contribution in [1.82, 2.24) is 0 Å². The summed E-state index contributed by atoms with van der Waals surface area (Å²) in [5.41, 5.74) is 3.74. The first-order chi connectivity index (χ1) is 20.0. The minimum Gasteiger partial charge on any atom is -0.486 e. The summed E-state index contributed by atoms with van der Waals surface area (Å²) >= 11 is 0. The van der Waals surface area contributed by atoms with E-state index >= 15 is 0 Å². The van der Waals surface area contributed by atoms with Crippen LogP contribution in [0.5, 0.6) is 11.5 Å². The van der Waals surface area contributed by atoms with E-state index in [1.807, 2.05) is 36.4 Å². The number of aryl methyl sites for hydroxylation is 1. The van der Waals surface area contributed by atoms with Crippen molar-refractivity contribution in [3.63, 3.8) is 0 Å². The number of benzene rings is 2. The maximum absolute atomic E-state index is 12.3. The van der Waals surface area contributed by atoms with Crippen LogP contribution in [0.4, 0.5) is 0 Å². The third-order valence-electron chi connectivity index (χ3n) is 6.93. The Hall–Kier alpha value is -4.12. The van der Waals surface area contributed by atoms with Gasteiger partial charge in [-0.2, -0.15) is 0 Å². The lowest BCUT2D eigenvalue weighted by atomic mass is 9.88. The highest BCUT2D eigenvalue weighted by atomic mass is 16.7. The van der Waals surface area contributed by atoms with E-state index < -0.39 is 54.4 Å². The van der Waals surface area contributed by atoms with E-state index in [9.17, 15) is 19.2 Å². The Bertz CT molecular complexity index is 1320. The van der Waals surface area contributed by atoms with E-state index in [0.29, 0.717) is 36.7 Å². The van der Waals surface area contributed by atoms with Crippen LogP contribution in [-0.2, 0) is 55.7 Å². The van der Waals surface area contributed by atoms with Crippen molar-refractivity contribution in [3.8, 4) is 11.5 Å². The number of carbonyl (C=O) groups excluding carboxylic acids is 4. The number of fused-ring (bicyclic) bond motifs is 1. The minimum absolute atomic E-state index is 0.286. The molecule has 0 bridgehead atoms. The van der Waals surface area contributed by atoms with Gasteiger partial charge in [-0.1, -0.05) is 31.2 Å². The van der Waals surface area contributed by atoms with Crippen molar-refractivity contribution >= 4 is 23.9 Å². The van der Waals surface area contributed by atoms with Gasteiger partial charge in [-0.05, 0) is 47.2 Å². The standard InChI is InChI=1S/C31H36O11/c1-6-22-8-9-23(15-24(22)13-21-7-10-25-26(14-21)37-12-11-36-25)28-30(40-19(4)34)31(41-20(5)35)29(39-18(3)33)27(42-28)16-38-17(2)32/h7-10,14-15,27-31H,6,11-13,16H2,1-5H3/t27-,28+,29?,30?,31+/m1/s1. The predicted molar refractivity (Wildman–Crippen MR) is 147 cm³/mol. The fourth-order valence-corrected chi connectivity index (χ4v) is 5.25. The molecule has 0 spiro atoms. The first-order valence-electron chi connectivity index (χ1n) is 13.9. The van der Waals surface area contributed by atoms with E-state index in [2.05, 4.69) is 6.92 Å². The quantitative estimate of drug-likeness (QED) is 0.317. The molecule has 2 aromatic carbocycles. The maximum Gasteiger partial charge on any atom is 0.303 e. The maximum atomic E-state index is 12.3. The molecule has 0 N–H and O–H groups in total. The highest BCUT2D eigenvalue weighted by molar-refractivity contribution is 5.69. The van der Waals surface area contributed by atoms with Gasteiger partial charge in [0.1, 0.15) is 32.0 Å². The molecule has 0 aromatic heterocycles. The highest BCUT2D eigenvalue weighted by Gasteiger charge is 2.52. The molecule has 2 aromatic rings. The van der Waals surface area contributed by atoms with Crippen LogP contribution >= 0.6 is 0 Å². The van der Waals surface area contributed by atoms with E-state index in [1.54, 1.807) is 0 Å². The monoisotopic (exact) mass is 584 g/mol. The van der Waals surface area contributed by atoms with Gasteiger partial charge in [0, 0.05) is 27.7 Å². The topological polar surface area (TPSA) is 133 Å². The van der Waals surface area contributed by atoms with Gasteiger partial charge in [-0.15, -0.1) is 0 Å². The average molecular weight is 585 g/mol. The lowest BCUT2D eigenvalue weighted by Crippen LogP contribution is -2.59. The third kappa shape index (κ3) is 7.58. The zero-order valence-electron chi connectivity index (χ0n) is 24.4. The van der Waals surface area contributed by atoms with E-state index in [-0.39, 0.29) is 6.61 Å². The lowest BCUT2D eigenvalue weighted by molar-refractivity contribution is -0.254. The van der Waals surface area contributed by atoms with Crippen LogP contribution in [-0.4, -0.2) is 68.1 Å². The molecule has 4 rings (SSSR count). The normalized spacial score (nSPS) is 22.9. The van der Waals surface area contributed by atoms with Crippen LogP contribution in [0, 0.1) is 0 Å². The Kier molecular flexibility index (Phi) is 10.1. The van der Waals surface area contributed by atoms with Crippen molar-refractivity contribution in [1.29, 1.82) is 0 Å². The minimum atomic E-state index is -1.23. The van der Waals surface area contributed by atoms with Gasteiger partial charge < -0.3 is 33.2 Å².